The second-order valence-electron chi connectivity index (χ2n) is 5.14. The Labute approximate surface area is 125 Å². The lowest BCUT2D eigenvalue weighted by molar-refractivity contribution is -0.00515. The van der Waals surface area contributed by atoms with Crippen LogP contribution in [0, 0.1) is 6.92 Å². The zero-order valence-corrected chi connectivity index (χ0v) is 13.7. The first kappa shape index (κ1) is 17.2. The maximum atomic E-state index is 12.3. The van der Waals surface area contributed by atoms with Crippen molar-refractivity contribution in [3.05, 3.63) is 22.7 Å². The Bertz CT molecular complexity index is 586. The summed E-state index contributed by atoms with van der Waals surface area (Å²) in [5, 5.41) is 0.289. The molecule has 0 bridgehead atoms. The molecule has 0 atom stereocenters. The van der Waals surface area contributed by atoms with Crippen molar-refractivity contribution in [2.75, 3.05) is 18.9 Å². The van der Waals surface area contributed by atoms with Gasteiger partial charge in [0.25, 0.3) is 0 Å². The predicted octanol–water partition coefficient (Wildman–Crippen LogP) is 2.32. The number of hydrogen-bond acceptors (Lipinski definition) is 4. The molecular formula is C13H21ClN2O3S. The molecule has 1 aromatic rings. The third kappa shape index (κ3) is 4.34. The molecular weight excluding hydrogens is 300 g/mol. The van der Waals surface area contributed by atoms with Crippen LogP contribution in [-0.4, -0.2) is 27.2 Å². The molecule has 5 nitrogen and oxygen atoms in total. The van der Waals surface area contributed by atoms with Gasteiger partial charge in [0, 0.05) is 23.9 Å². The lowest BCUT2D eigenvalue weighted by atomic mass is 10.1. The molecule has 0 saturated carbocycles. The predicted molar refractivity (Wildman–Crippen MR) is 81.5 cm³/mol. The van der Waals surface area contributed by atoms with E-state index >= 15 is 0 Å². The number of ether oxygens (including phenoxy) is 1. The summed E-state index contributed by atoms with van der Waals surface area (Å²) in [4.78, 5) is 0.0924. The van der Waals surface area contributed by atoms with E-state index in [1.54, 1.807) is 6.92 Å². The average molecular weight is 321 g/mol. The summed E-state index contributed by atoms with van der Waals surface area (Å²) in [5.41, 5.74) is 5.99. The maximum absolute atomic E-state index is 12.3. The van der Waals surface area contributed by atoms with Crippen LogP contribution in [0.3, 0.4) is 0 Å². The third-order valence-electron chi connectivity index (χ3n) is 2.88. The van der Waals surface area contributed by atoms with E-state index in [1.807, 2.05) is 20.8 Å². The molecule has 0 fully saturated rings. The first-order valence-electron chi connectivity index (χ1n) is 6.28. The van der Waals surface area contributed by atoms with Gasteiger partial charge in [-0.15, -0.1) is 0 Å². The highest BCUT2D eigenvalue weighted by Gasteiger charge is 2.24. The first-order chi connectivity index (χ1) is 9.09. The van der Waals surface area contributed by atoms with E-state index in [2.05, 4.69) is 4.72 Å². The van der Waals surface area contributed by atoms with Crippen LogP contribution in [0.15, 0.2) is 17.0 Å². The van der Waals surface area contributed by atoms with E-state index in [9.17, 15) is 8.42 Å². The summed E-state index contributed by atoms with van der Waals surface area (Å²) >= 11 is 5.87. The van der Waals surface area contributed by atoms with Crippen LogP contribution in [0.1, 0.15) is 26.3 Å². The maximum Gasteiger partial charge on any atom is 0.241 e. The quantitative estimate of drug-likeness (QED) is 0.788. The van der Waals surface area contributed by atoms with Gasteiger partial charge in [0.1, 0.15) is 0 Å². The molecule has 0 aliphatic rings. The van der Waals surface area contributed by atoms with E-state index < -0.39 is 15.6 Å². The summed E-state index contributed by atoms with van der Waals surface area (Å²) in [5.74, 6) is 0. The number of rotatable bonds is 6. The van der Waals surface area contributed by atoms with Gasteiger partial charge in [-0.2, -0.15) is 0 Å². The minimum Gasteiger partial charge on any atom is -0.398 e. The fraction of sp³-hybridized carbons (Fsp3) is 0.538. The van der Waals surface area contributed by atoms with Crippen molar-refractivity contribution in [3.8, 4) is 0 Å². The van der Waals surface area contributed by atoms with Crippen LogP contribution in [0.25, 0.3) is 0 Å². The topological polar surface area (TPSA) is 81.4 Å². The summed E-state index contributed by atoms with van der Waals surface area (Å²) < 4.78 is 32.6. The number of nitrogen functional groups attached to an aromatic ring is 1. The molecule has 0 aliphatic heterocycles. The SMILES string of the molecule is CCOC(C)(C)CNS(=O)(=O)c1cc(Cl)cc(N)c1C. The number of nitrogens with one attached hydrogen (secondary N) is 1. The van der Waals surface area contributed by atoms with Gasteiger partial charge in [0.15, 0.2) is 0 Å². The van der Waals surface area contributed by atoms with Crippen molar-refractivity contribution in [2.24, 2.45) is 0 Å². The summed E-state index contributed by atoms with van der Waals surface area (Å²) in [6.07, 6.45) is 0. The Morgan fingerprint density at radius 1 is 1.40 bits per heavy atom. The second kappa shape index (κ2) is 6.30. The van der Waals surface area contributed by atoms with Crippen LogP contribution in [0.2, 0.25) is 5.02 Å². The normalized spacial score (nSPS) is 12.7. The van der Waals surface area contributed by atoms with Gasteiger partial charge in [-0.25, -0.2) is 13.1 Å². The number of nitrogens with two attached hydrogens (primary N) is 1. The zero-order chi connectivity index (χ0) is 15.6. The van der Waals surface area contributed by atoms with Gasteiger partial charge in [0.2, 0.25) is 10.0 Å². The summed E-state index contributed by atoms with van der Waals surface area (Å²) in [6, 6.07) is 2.92. The summed E-state index contributed by atoms with van der Waals surface area (Å²) in [6.45, 7) is 7.81. The first-order valence-corrected chi connectivity index (χ1v) is 8.14. The van der Waals surface area contributed by atoms with Gasteiger partial charge in [-0.3, -0.25) is 0 Å². The number of benzene rings is 1. The molecule has 20 heavy (non-hydrogen) atoms. The molecule has 1 rings (SSSR count). The van der Waals surface area contributed by atoms with E-state index in [0.29, 0.717) is 17.9 Å². The van der Waals surface area contributed by atoms with Crippen LogP contribution in [0.4, 0.5) is 5.69 Å². The van der Waals surface area contributed by atoms with Crippen molar-refractivity contribution in [3.63, 3.8) is 0 Å². The fourth-order valence-corrected chi connectivity index (χ4v) is 3.53. The highest BCUT2D eigenvalue weighted by Crippen LogP contribution is 2.26. The molecule has 0 amide bonds. The van der Waals surface area contributed by atoms with E-state index in [0.717, 1.165) is 0 Å². The minimum absolute atomic E-state index is 0.0924. The summed E-state index contributed by atoms with van der Waals surface area (Å²) in [7, 11) is -3.68. The number of hydrogen-bond donors (Lipinski definition) is 2. The van der Waals surface area contributed by atoms with Crippen molar-refractivity contribution in [2.45, 2.75) is 38.2 Å². The Balaban J connectivity index is 3.01. The standard InChI is InChI=1S/C13H21ClN2O3S/c1-5-19-13(3,4)8-16-20(17,18)12-7-10(14)6-11(15)9(12)2/h6-7,16H,5,8,15H2,1-4H3. The van der Waals surface area contributed by atoms with E-state index in [4.69, 9.17) is 22.1 Å². The van der Waals surface area contributed by atoms with Crippen molar-refractivity contribution >= 4 is 27.3 Å². The van der Waals surface area contributed by atoms with Crippen LogP contribution < -0.4 is 10.5 Å². The lowest BCUT2D eigenvalue weighted by Crippen LogP contribution is -2.40. The third-order valence-corrected chi connectivity index (χ3v) is 4.62. The zero-order valence-electron chi connectivity index (χ0n) is 12.2. The number of halogens is 1. The van der Waals surface area contributed by atoms with Gasteiger partial charge >= 0.3 is 0 Å². The molecule has 114 valence electrons. The molecule has 0 radical (unpaired) electrons. The van der Waals surface area contributed by atoms with Gasteiger partial charge in [0.05, 0.1) is 10.5 Å². The smallest absolute Gasteiger partial charge is 0.241 e. The van der Waals surface area contributed by atoms with Gasteiger partial charge < -0.3 is 10.5 Å². The number of sulfonamides is 1. The Morgan fingerprint density at radius 2 is 2.00 bits per heavy atom. The fourth-order valence-electron chi connectivity index (χ4n) is 1.74. The van der Waals surface area contributed by atoms with Crippen molar-refractivity contribution in [1.82, 2.24) is 4.72 Å². The minimum atomic E-state index is -3.68. The van der Waals surface area contributed by atoms with E-state index in [1.165, 1.54) is 12.1 Å². The molecule has 7 heteroatoms. The lowest BCUT2D eigenvalue weighted by Gasteiger charge is -2.25. The second-order valence-corrected chi connectivity index (χ2v) is 7.31. The van der Waals surface area contributed by atoms with Crippen molar-refractivity contribution < 1.29 is 13.2 Å². The molecule has 0 aliphatic carbocycles. The highest BCUT2D eigenvalue weighted by molar-refractivity contribution is 7.89. The van der Waals surface area contributed by atoms with Crippen LogP contribution in [0.5, 0.6) is 0 Å². The van der Waals surface area contributed by atoms with Crippen LogP contribution >= 0.6 is 11.6 Å². The molecule has 0 aromatic heterocycles. The Hall–Kier alpha value is -0.820. The molecule has 0 saturated heterocycles. The largest absolute Gasteiger partial charge is 0.398 e. The van der Waals surface area contributed by atoms with E-state index in [-0.39, 0.29) is 16.5 Å². The van der Waals surface area contributed by atoms with Gasteiger partial charge in [-0.05, 0) is 45.4 Å². The molecule has 0 spiro atoms. The Kier molecular flexibility index (Phi) is 5.43. The molecule has 0 unspecified atom stereocenters. The highest BCUT2D eigenvalue weighted by atomic mass is 35.5. The molecule has 3 N–H and O–H groups in total. The van der Waals surface area contributed by atoms with Crippen molar-refractivity contribution in [1.29, 1.82) is 0 Å². The number of anilines is 1. The molecule has 1 aromatic carbocycles. The molecule has 0 heterocycles. The van der Waals surface area contributed by atoms with Gasteiger partial charge in [-0.1, -0.05) is 11.6 Å². The monoisotopic (exact) mass is 320 g/mol. The Morgan fingerprint density at radius 3 is 2.55 bits per heavy atom. The van der Waals surface area contributed by atoms with Crippen LogP contribution in [-0.2, 0) is 14.8 Å². The average Bonchev–Trinajstić information content (AvgIpc) is 2.31.